The van der Waals surface area contributed by atoms with Gasteiger partial charge in [0.25, 0.3) is 10.0 Å². The van der Waals surface area contributed by atoms with Crippen LogP contribution in [0.4, 0.5) is 0 Å². The van der Waals surface area contributed by atoms with E-state index < -0.39 is 10.0 Å². The zero-order valence-electron chi connectivity index (χ0n) is 14.1. The number of sulfonamides is 1. The van der Waals surface area contributed by atoms with Gasteiger partial charge in [0.1, 0.15) is 5.84 Å². The summed E-state index contributed by atoms with van der Waals surface area (Å²) in [4.78, 5) is 1.76. The Labute approximate surface area is 153 Å². The molecule has 2 aromatic rings. The molecule has 0 aliphatic carbocycles. The highest BCUT2D eigenvalue weighted by atomic mass is 32.2. The predicted molar refractivity (Wildman–Crippen MR) is 98.6 cm³/mol. The molecule has 26 heavy (non-hydrogen) atoms. The van der Waals surface area contributed by atoms with Gasteiger partial charge in [0.15, 0.2) is 0 Å². The van der Waals surface area contributed by atoms with Gasteiger partial charge in [0, 0.05) is 18.7 Å². The molecule has 0 amide bonds. The van der Waals surface area contributed by atoms with Gasteiger partial charge in [-0.1, -0.05) is 48.5 Å². The van der Waals surface area contributed by atoms with Crippen LogP contribution in [0.15, 0.2) is 70.0 Å². The van der Waals surface area contributed by atoms with E-state index >= 15 is 0 Å². The number of amidine groups is 1. The fourth-order valence-electron chi connectivity index (χ4n) is 2.33. The van der Waals surface area contributed by atoms with Crippen molar-refractivity contribution in [1.82, 2.24) is 4.90 Å². The Bertz CT molecular complexity index is 909. The largest absolute Gasteiger partial charge is 0.353 e. The topological polar surface area (TPSA) is 97.3 Å². The number of nitrogens with zero attached hydrogens (tertiary/aromatic N) is 4. The van der Waals surface area contributed by atoms with E-state index in [4.69, 9.17) is 10.5 Å². The van der Waals surface area contributed by atoms with Crippen LogP contribution in [-0.4, -0.2) is 32.2 Å². The minimum atomic E-state index is -3.92. The molecular weight excluding hydrogens is 348 g/mol. The molecule has 6 nitrogen and oxygen atoms in total. The number of rotatable bonds is 7. The third kappa shape index (κ3) is 5.17. The second-order valence-corrected chi connectivity index (χ2v) is 6.98. The number of hydrogen-bond acceptors (Lipinski definition) is 4. The molecule has 0 saturated heterocycles. The third-order valence-electron chi connectivity index (χ3n) is 3.57. The highest BCUT2D eigenvalue weighted by Crippen LogP contribution is 2.16. The Morgan fingerprint density at radius 1 is 0.885 bits per heavy atom. The molecular formula is C19H18N4O2S. The lowest BCUT2D eigenvalue weighted by atomic mass is 10.2. The molecule has 0 spiro atoms. The van der Waals surface area contributed by atoms with Gasteiger partial charge in [-0.25, -0.2) is 0 Å². The van der Waals surface area contributed by atoms with Crippen molar-refractivity contribution >= 4 is 15.9 Å². The van der Waals surface area contributed by atoms with Crippen molar-refractivity contribution in [2.24, 2.45) is 4.40 Å². The first-order chi connectivity index (χ1) is 12.6. The van der Waals surface area contributed by atoms with E-state index in [-0.39, 0.29) is 36.7 Å². The average Bonchev–Trinajstić information content (AvgIpc) is 2.68. The molecule has 0 bridgehead atoms. The Morgan fingerprint density at radius 2 is 1.38 bits per heavy atom. The van der Waals surface area contributed by atoms with E-state index in [2.05, 4.69) is 4.40 Å². The van der Waals surface area contributed by atoms with Gasteiger partial charge >= 0.3 is 0 Å². The minimum absolute atomic E-state index is 0.0916. The molecule has 0 N–H and O–H groups in total. The zero-order chi connectivity index (χ0) is 18.8. The minimum Gasteiger partial charge on any atom is -0.353 e. The standard InChI is InChI=1S/C19H18N4O2S/c20-13-7-15-23(16-8-14-21)19(17-9-3-1-4-10-17)22-26(24,25)18-11-5-2-6-12-18/h1-6,9-12H,7-8,15-16H2/b22-19+. The van der Waals surface area contributed by atoms with E-state index in [0.717, 1.165) is 0 Å². The van der Waals surface area contributed by atoms with Gasteiger partial charge < -0.3 is 4.90 Å². The van der Waals surface area contributed by atoms with Crippen LogP contribution in [0.2, 0.25) is 0 Å². The van der Waals surface area contributed by atoms with Crippen LogP contribution in [0.1, 0.15) is 18.4 Å². The highest BCUT2D eigenvalue weighted by Gasteiger charge is 2.19. The monoisotopic (exact) mass is 366 g/mol. The molecule has 0 aliphatic heterocycles. The highest BCUT2D eigenvalue weighted by molar-refractivity contribution is 7.90. The predicted octanol–water partition coefficient (Wildman–Crippen LogP) is 2.95. The first-order valence-corrected chi connectivity index (χ1v) is 9.47. The molecule has 0 fully saturated rings. The second-order valence-electron chi connectivity index (χ2n) is 5.37. The van der Waals surface area contributed by atoms with Gasteiger partial charge in [0.2, 0.25) is 0 Å². The van der Waals surface area contributed by atoms with Crippen molar-refractivity contribution in [3.05, 3.63) is 66.2 Å². The summed E-state index contributed by atoms with van der Waals surface area (Å²) in [6.07, 6.45) is 0.394. The van der Waals surface area contributed by atoms with E-state index in [1.54, 1.807) is 47.4 Å². The number of hydrogen-bond donors (Lipinski definition) is 0. The van der Waals surface area contributed by atoms with Crippen LogP contribution in [-0.2, 0) is 10.0 Å². The maximum absolute atomic E-state index is 12.7. The molecule has 2 aromatic carbocycles. The Kier molecular flexibility index (Phi) is 6.90. The normalized spacial score (nSPS) is 11.4. The summed E-state index contributed by atoms with van der Waals surface area (Å²) in [5.74, 6) is 0.236. The van der Waals surface area contributed by atoms with Crippen LogP contribution in [0.3, 0.4) is 0 Å². The molecule has 0 heterocycles. The first-order valence-electron chi connectivity index (χ1n) is 8.03. The Hall–Kier alpha value is -3.16. The van der Waals surface area contributed by atoms with E-state index in [9.17, 15) is 8.42 Å². The van der Waals surface area contributed by atoms with Gasteiger partial charge in [-0.3, -0.25) is 0 Å². The molecule has 2 rings (SSSR count). The summed E-state index contributed by atoms with van der Waals surface area (Å²) in [5.41, 5.74) is 0.614. The molecule has 132 valence electrons. The Balaban J connectivity index is 2.53. The van der Waals surface area contributed by atoms with Crippen LogP contribution in [0.5, 0.6) is 0 Å². The lowest BCUT2D eigenvalue weighted by molar-refractivity contribution is 0.437. The molecule has 0 unspecified atom stereocenters. The van der Waals surface area contributed by atoms with Crippen molar-refractivity contribution in [2.75, 3.05) is 13.1 Å². The zero-order valence-corrected chi connectivity index (χ0v) is 14.9. The number of nitriles is 2. The Morgan fingerprint density at radius 3 is 1.88 bits per heavy atom. The maximum Gasteiger partial charge on any atom is 0.284 e. The van der Waals surface area contributed by atoms with Crippen molar-refractivity contribution < 1.29 is 8.42 Å². The molecule has 0 aliphatic rings. The summed E-state index contributed by atoms with van der Waals surface area (Å²) < 4.78 is 29.5. The van der Waals surface area contributed by atoms with E-state index in [1.807, 2.05) is 18.2 Å². The quantitative estimate of drug-likeness (QED) is 0.554. The fourth-order valence-corrected chi connectivity index (χ4v) is 3.39. The van der Waals surface area contributed by atoms with Crippen molar-refractivity contribution in [1.29, 1.82) is 10.5 Å². The average molecular weight is 366 g/mol. The van der Waals surface area contributed by atoms with E-state index in [0.29, 0.717) is 5.56 Å². The number of benzene rings is 2. The maximum atomic E-state index is 12.7. The van der Waals surface area contributed by atoms with Crippen LogP contribution in [0.25, 0.3) is 0 Å². The summed E-state index contributed by atoms with van der Waals surface area (Å²) in [6.45, 7) is 0.576. The lowest BCUT2D eigenvalue weighted by Gasteiger charge is -2.24. The third-order valence-corrected chi connectivity index (χ3v) is 4.85. The van der Waals surface area contributed by atoms with Crippen LogP contribution >= 0.6 is 0 Å². The molecule has 0 aromatic heterocycles. The van der Waals surface area contributed by atoms with Crippen LogP contribution in [0, 0.1) is 22.7 Å². The first kappa shape index (κ1) is 19.2. The van der Waals surface area contributed by atoms with Crippen LogP contribution < -0.4 is 0 Å². The van der Waals surface area contributed by atoms with Gasteiger partial charge in [-0.2, -0.15) is 18.9 Å². The SMILES string of the molecule is N#CCCN(CCC#N)/C(=N/S(=O)(=O)c1ccccc1)c1ccccc1. The van der Waals surface area contributed by atoms with Crippen molar-refractivity contribution in [3.63, 3.8) is 0 Å². The molecule has 7 heteroatoms. The summed E-state index contributed by atoms with van der Waals surface area (Å²) in [5, 5.41) is 17.8. The lowest BCUT2D eigenvalue weighted by Crippen LogP contribution is -2.34. The fraction of sp³-hybridized carbons (Fsp3) is 0.211. The van der Waals surface area contributed by atoms with Crippen molar-refractivity contribution in [3.8, 4) is 12.1 Å². The van der Waals surface area contributed by atoms with Gasteiger partial charge in [-0.05, 0) is 12.1 Å². The molecule has 0 radical (unpaired) electrons. The smallest absolute Gasteiger partial charge is 0.284 e. The summed E-state index contributed by atoms with van der Waals surface area (Å²) in [6, 6.07) is 21.0. The van der Waals surface area contributed by atoms with Gasteiger partial charge in [0.05, 0.1) is 29.9 Å². The molecule has 0 atom stereocenters. The van der Waals surface area contributed by atoms with E-state index in [1.165, 1.54) is 12.1 Å². The molecule has 0 saturated carbocycles. The summed E-state index contributed by atoms with van der Waals surface area (Å²) >= 11 is 0. The second kappa shape index (κ2) is 9.36. The van der Waals surface area contributed by atoms with Gasteiger partial charge in [-0.15, -0.1) is 4.40 Å². The van der Waals surface area contributed by atoms with Crippen molar-refractivity contribution in [2.45, 2.75) is 17.7 Å². The summed E-state index contributed by atoms with van der Waals surface area (Å²) in [7, 11) is -3.92.